The molecule has 0 saturated heterocycles. The maximum Gasteiger partial charge on any atom is 0.238 e. The normalized spacial score (nSPS) is 20.7. The summed E-state index contributed by atoms with van der Waals surface area (Å²) in [4.78, 5) is 0.0853. The number of nitrogens with zero attached hydrogens (tertiary/aromatic N) is 2. The van der Waals surface area contributed by atoms with Crippen LogP contribution in [0.3, 0.4) is 0 Å². The van der Waals surface area contributed by atoms with E-state index in [0.29, 0.717) is 0 Å². The average Bonchev–Trinajstić information content (AvgIpc) is 3.24. The van der Waals surface area contributed by atoms with Crippen molar-refractivity contribution in [2.24, 2.45) is 10.2 Å². The molecule has 3 aromatic carbocycles. The van der Waals surface area contributed by atoms with Gasteiger partial charge in [0.05, 0.1) is 22.3 Å². The predicted octanol–water partition coefficient (Wildman–Crippen LogP) is 3.71. The average molecular weight is 434 g/mol. The van der Waals surface area contributed by atoms with E-state index < -0.39 is 10.0 Å². The number of hydrazone groups is 1. The van der Waals surface area contributed by atoms with Crippen LogP contribution in [0.15, 0.2) is 88.9 Å². The van der Waals surface area contributed by atoms with Gasteiger partial charge < -0.3 is 4.74 Å². The van der Waals surface area contributed by atoms with E-state index in [1.54, 1.807) is 12.1 Å². The number of para-hydroxylation sites is 1. The van der Waals surface area contributed by atoms with Gasteiger partial charge in [-0.1, -0.05) is 48.5 Å². The zero-order valence-corrected chi connectivity index (χ0v) is 17.7. The highest BCUT2D eigenvalue weighted by atomic mass is 32.2. The summed E-state index contributed by atoms with van der Waals surface area (Å²) in [5, 5.41) is 12.1. The molecular formula is C24H23N3O3S. The first-order valence-corrected chi connectivity index (χ1v) is 11.8. The van der Waals surface area contributed by atoms with E-state index in [2.05, 4.69) is 18.2 Å². The second-order valence-electron chi connectivity index (χ2n) is 7.87. The van der Waals surface area contributed by atoms with Gasteiger partial charge in [-0.15, -0.1) is 0 Å². The quantitative estimate of drug-likeness (QED) is 0.680. The number of primary sulfonamides is 1. The molecule has 31 heavy (non-hydrogen) atoms. The summed E-state index contributed by atoms with van der Waals surface area (Å²) >= 11 is 0. The monoisotopic (exact) mass is 433 g/mol. The number of fused-ring (bicyclic) bond motifs is 1. The molecule has 5 rings (SSSR count). The first kappa shape index (κ1) is 19.8. The molecule has 6 nitrogen and oxygen atoms in total. The van der Waals surface area contributed by atoms with Crippen molar-refractivity contribution < 1.29 is 13.2 Å². The van der Waals surface area contributed by atoms with Crippen LogP contribution in [-0.2, 0) is 16.4 Å². The number of ether oxygens (including phenoxy) is 1. The topological polar surface area (TPSA) is 85.0 Å². The molecule has 2 atom stereocenters. The van der Waals surface area contributed by atoms with Crippen LogP contribution in [0.25, 0.3) is 0 Å². The Labute approximate surface area is 182 Å². The summed E-state index contributed by atoms with van der Waals surface area (Å²) in [7, 11) is -3.74. The van der Waals surface area contributed by atoms with Gasteiger partial charge in [0.2, 0.25) is 10.0 Å². The van der Waals surface area contributed by atoms with Crippen LogP contribution in [0.2, 0.25) is 0 Å². The Kier molecular flexibility index (Phi) is 5.00. The largest absolute Gasteiger partial charge is 0.488 e. The fourth-order valence-corrected chi connectivity index (χ4v) is 4.79. The van der Waals surface area contributed by atoms with E-state index in [0.717, 1.165) is 42.0 Å². The third-order valence-corrected chi connectivity index (χ3v) is 6.79. The third-order valence-electron chi connectivity index (χ3n) is 5.86. The molecule has 0 amide bonds. The maximum atomic E-state index is 11.6. The summed E-state index contributed by atoms with van der Waals surface area (Å²) in [6.45, 7) is 0. The highest BCUT2D eigenvalue weighted by molar-refractivity contribution is 7.89. The highest BCUT2D eigenvalue weighted by Gasteiger charge is 2.37. The van der Waals surface area contributed by atoms with Gasteiger partial charge in [-0.3, -0.25) is 5.01 Å². The summed E-state index contributed by atoms with van der Waals surface area (Å²) < 4.78 is 29.7. The molecular weight excluding hydrogens is 410 g/mol. The van der Waals surface area contributed by atoms with Crippen LogP contribution < -0.4 is 14.9 Å². The van der Waals surface area contributed by atoms with E-state index in [1.807, 2.05) is 41.4 Å². The SMILES string of the molecule is NS(=O)(=O)c1ccc(N2N=C(c3ccccc3)CC2C2CCc3ccccc3O2)cc1. The second-order valence-corrected chi connectivity index (χ2v) is 9.43. The van der Waals surface area contributed by atoms with Crippen molar-refractivity contribution in [2.75, 3.05) is 5.01 Å². The van der Waals surface area contributed by atoms with E-state index in [9.17, 15) is 8.42 Å². The Hall–Kier alpha value is -3.16. The van der Waals surface area contributed by atoms with E-state index >= 15 is 0 Å². The van der Waals surface area contributed by atoms with Gasteiger partial charge in [-0.2, -0.15) is 5.10 Å². The number of nitrogens with two attached hydrogens (primary N) is 1. The van der Waals surface area contributed by atoms with Gasteiger partial charge in [0, 0.05) is 6.42 Å². The molecule has 3 aromatic rings. The molecule has 7 heteroatoms. The molecule has 2 N–H and O–H groups in total. The molecule has 2 heterocycles. The number of rotatable bonds is 4. The minimum Gasteiger partial charge on any atom is -0.488 e. The fourth-order valence-electron chi connectivity index (χ4n) is 4.28. The Morgan fingerprint density at radius 2 is 1.65 bits per heavy atom. The first-order valence-electron chi connectivity index (χ1n) is 10.3. The van der Waals surface area contributed by atoms with Gasteiger partial charge in [0.1, 0.15) is 11.9 Å². The molecule has 158 valence electrons. The van der Waals surface area contributed by atoms with Crippen molar-refractivity contribution in [1.29, 1.82) is 0 Å². The standard InChI is InChI=1S/C24H23N3O3S/c25-31(28,29)20-13-11-19(12-14-20)27-22(16-21(26-27)17-6-2-1-3-7-17)24-15-10-18-8-4-5-9-23(18)30-24/h1-9,11-14,22,24H,10,15-16H2,(H2,25,28,29). The van der Waals surface area contributed by atoms with Crippen LogP contribution in [0.4, 0.5) is 5.69 Å². The number of benzene rings is 3. The Balaban J connectivity index is 1.49. The highest BCUT2D eigenvalue weighted by Crippen LogP contribution is 2.35. The number of hydrogen-bond acceptors (Lipinski definition) is 5. The fraction of sp³-hybridized carbons (Fsp3) is 0.208. The summed E-state index contributed by atoms with van der Waals surface area (Å²) in [5.74, 6) is 0.927. The zero-order chi connectivity index (χ0) is 21.4. The predicted molar refractivity (Wildman–Crippen MR) is 121 cm³/mol. The third kappa shape index (κ3) is 3.94. The minimum atomic E-state index is -3.74. The molecule has 0 spiro atoms. The van der Waals surface area contributed by atoms with Crippen LogP contribution in [-0.4, -0.2) is 26.3 Å². The lowest BCUT2D eigenvalue weighted by Gasteiger charge is -2.34. The van der Waals surface area contributed by atoms with Crippen LogP contribution >= 0.6 is 0 Å². The van der Waals surface area contributed by atoms with Crippen molar-refractivity contribution in [1.82, 2.24) is 0 Å². The van der Waals surface area contributed by atoms with Crippen LogP contribution in [0.5, 0.6) is 5.75 Å². The van der Waals surface area contributed by atoms with Gasteiger partial charge in [-0.25, -0.2) is 13.6 Å². The molecule has 0 radical (unpaired) electrons. The van der Waals surface area contributed by atoms with Gasteiger partial charge in [-0.05, 0) is 54.3 Å². The molecule has 2 aliphatic heterocycles. The van der Waals surface area contributed by atoms with E-state index in [-0.39, 0.29) is 17.0 Å². The lowest BCUT2D eigenvalue weighted by Crippen LogP contribution is -2.43. The smallest absolute Gasteiger partial charge is 0.238 e. The molecule has 0 saturated carbocycles. The number of sulfonamides is 1. The Morgan fingerprint density at radius 1 is 0.935 bits per heavy atom. The molecule has 0 aromatic heterocycles. The summed E-state index contributed by atoms with van der Waals surface area (Å²) in [5.41, 5.74) is 4.10. The van der Waals surface area contributed by atoms with Crippen molar-refractivity contribution in [3.8, 4) is 5.75 Å². The van der Waals surface area contributed by atoms with Crippen molar-refractivity contribution in [2.45, 2.75) is 36.3 Å². The van der Waals surface area contributed by atoms with Gasteiger partial charge >= 0.3 is 0 Å². The van der Waals surface area contributed by atoms with E-state index in [4.69, 9.17) is 15.0 Å². The first-order chi connectivity index (χ1) is 15.0. The lowest BCUT2D eigenvalue weighted by atomic mass is 9.93. The van der Waals surface area contributed by atoms with Crippen molar-refractivity contribution >= 4 is 21.4 Å². The van der Waals surface area contributed by atoms with Crippen LogP contribution in [0.1, 0.15) is 24.0 Å². The molecule has 0 fully saturated rings. The summed E-state index contributed by atoms with van der Waals surface area (Å²) in [6.07, 6.45) is 2.56. The zero-order valence-electron chi connectivity index (χ0n) is 16.9. The molecule has 2 aliphatic rings. The Morgan fingerprint density at radius 3 is 2.39 bits per heavy atom. The number of anilines is 1. The number of hydrogen-bond donors (Lipinski definition) is 1. The molecule has 2 unspecified atom stereocenters. The number of aryl methyl sites for hydroxylation is 1. The van der Waals surface area contributed by atoms with Crippen LogP contribution in [0, 0.1) is 0 Å². The minimum absolute atomic E-state index is 0.00361. The van der Waals surface area contributed by atoms with E-state index in [1.165, 1.54) is 17.7 Å². The van der Waals surface area contributed by atoms with Gasteiger partial charge in [0.25, 0.3) is 0 Å². The van der Waals surface area contributed by atoms with Crippen molar-refractivity contribution in [3.63, 3.8) is 0 Å². The van der Waals surface area contributed by atoms with Gasteiger partial charge in [0.15, 0.2) is 0 Å². The lowest BCUT2D eigenvalue weighted by molar-refractivity contribution is 0.146. The maximum absolute atomic E-state index is 11.6. The second kappa shape index (κ2) is 7.83. The molecule has 0 aliphatic carbocycles. The Bertz CT molecular complexity index is 1220. The molecule has 0 bridgehead atoms. The summed E-state index contributed by atoms with van der Waals surface area (Å²) in [6, 6.07) is 24.8. The van der Waals surface area contributed by atoms with Crippen molar-refractivity contribution in [3.05, 3.63) is 90.0 Å².